The first-order valence-corrected chi connectivity index (χ1v) is 7.37. The van der Waals surface area contributed by atoms with Crippen LogP contribution < -0.4 is 5.32 Å². The van der Waals surface area contributed by atoms with Gasteiger partial charge in [0.05, 0.1) is 0 Å². The van der Waals surface area contributed by atoms with Crippen molar-refractivity contribution in [3.8, 4) is 23.0 Å². The second-order valence-corrected chi connectivity index (χ2v) is 6.08. The fraction of sp³-hybridized carbons (Fsp3) is 0.294. The van der Waals surface area contributed by atoms with Crippen LogP contribution in [0.5, 0.6) is 23.0 Å². The number of aromatic hydroxyl groups is 4. The maximum atomic E-state index is 9.85. The molecule has 0 saturated carbocycles. The van der Waals surface area contributed by atoms with Crippen LogP contribution in [-0.4, -0.2) is 26.5 Å². The molecule has 2 aromatic rings. The van der Waals surface area contributed by atoms with Crippen molar-refractivity contribution in [3.63, 3.8) is 0 Å². The van der Waals surface area contributed by atoms with Crippen LogP contribution in [-0.2, 0) is 13.0 Å². The monoisotopic (exact) mass is 299 g/mol. The van der Waals surface area contributed by atoms with E-state index >= 15 is 0 Å². The zero-order chi connectivity index (χ0) is 15.4. The average molecular weight is 299 g/mol. The molecule has 22 heavy (non-hydrogen) atoms. The van der Waals surface area contributed by atoms with Gasteiger partial charge in [0.15, 0.2) is 23.0 Å². The first kappa shape index (κ1) is 13.3. The highest BCUT2D eigenvalue weighted by Gasteiger charge is 2.36. The number of fused-ring (bicyclic) bond motifs is 5. The number of phenolic OH excluding ortho intramolecular Hbond substituents is 4. The number of phenols is 4. The maximum absolute atomic E-state index is 9.85. The van der Waals surface area contributed by atoms with Gasteiger partial charge in [0.2, 0.25) is 0 Å². The molecule has 0 unspecified atom stereocenters. The third kappa shape index (κ3) is 1.82. The lowest BCUT2D eigenvalue weighted by Crippen LogP contribution is -2.42. The van der Waals surface area contributed by atoms with Gasteiger partial charge < -0.3 is 25.7 Å². The summed E-state index contributed by atoms with van der Waals surface area (Å²) in [7, 11) is 0. The molecule has 4 rings (SSSR count). The molecule has 5 N–H and O–H groups in total. The number of rotatable bonds is 0. The Hall–Kier alpha value is -2.40. The lowest BCUT2D eigenvalue weighted by Gasteiger charge is -2.39. The maximum Gasteiger partial charge on any atom is 0.157 e. The SMILES string of the molecule is Oc1cc2c(cc1O)[C@H]1c3cc(O)c(O)cc3CN[C@@H]1CC2. The predicted molar refractivity (Wildman–Crippen MR) is 80.3 cm³/mol. The zero-order valence-corrected chi connectivity index (χ0v) is 11.9. The van der Waals surface area contributed by atoms with Crippen molar-refractivity contribution >= 4 is 0 Å². The molecule has 2 atom stereocenters. The molecule has 1 aliphatic heterocycles. The minimum Gasteiger partial charge on any atom is -0.504 e. The zero-order valence-electron chi connectivity index (χ0n) is 11.9. The summed E-state index contributed by atoms with van der Waals surface area (Å²) >= 11 is 0. The summed E-state index contributed by atoms with van der Waals surface area (Å²) in [6.07, 6.45) is 1.75. The predicted octanol–water partition coefficient (Wildman–Crippen LogP) is 2.06. The van der Waals surface area contributed by atoms with Gasteiger partial charge in [0.1, 0.15) is 0 Å². The number of aryl methyl sites for hydroxylation is 1. The van der Waals surface area contributed by atoms with Gasteiger partial charge >= 0.3 is 0 Å². The Bertz CT molecular complexity index is 708. The standard InChI is InChI=1S/C17H17NO4/c19-13-3-8-1-2-12-17(10(8)5-15(13)21)11-6-16(22)14(20)4-9(11)7-18-12/h3-6,12,17-22H,1-2,7H2/t12-,17+/m1/s1. The van der Waals surface area contributed by atoms with E-state index in [-0.39, 0.29) is 35.0 Å². The van der Waals surface area contributed by atoms with Crippen LogP contribution in [0.3, 0.4) is 0 Å². The number of nitrogens with one attached hydrogen (secondary N) is 1. The average Bonchev–Trinajstić information content (AvgIpc) is 2.49. The summed E-state index contributed by atoms with van der Waals surface area (Å²) < 4.78 is 0. The highest BCUT2D eigenvalue weighted by atomic mass is 16.3. The van der Waals surface area contributed by atoms with Gasteiger partial charge in [-0.1, -0.05) is 0 Å². The minimum atomic E-state index is -0.130. The smallest absolute Gasteiger partial charge is 0.157 e. The molecular weight excluding hydrogens is 282 g/mol. The van der Waals surface area contributed by atoms with E-state index in [1.165, 1.54) is 0 Å². The molecule has 0 bridgehead atoms. The van der Waals surface area contributed by atoms with E-state index in [0.29, 0.717) is 6.54 Å². The fourth-order valence-electron chi connectivity index (χ4n) is 3.76. The van der Waals surface area contributed by atoms with Gasteiger partial charge in [-0.2, -0.15) is 0 Å². The van der Waals surface area contributed by atoms with Crippen molar-refractivity contribution in [2.24, 2.45) is 0 Å². The Balaban J connectivity index is 1.92. The number of hydrogen-bond donors (Lipinski definition) is 5. The van der Waals surface area contributed by atoms with Gasteiger partial charge in [-0.3, -0.25) is 0 Å². The van der Waals surface area contributed by atoms with E-state index in [1.807, 2.05) is 0 Å². The molecule has 5 heteroatoms. The molecule has 0 fully saturated rings. The van der Waals surface area contributed by atoms with Crippen LogP contribution in [0.4, 0.5) is 0 Å². The van der Waals surface area contributed by atoms with Crippen molar-refractivity contribution in [1.29, 1.82) is 0 Å². The van der Waals surface area contributed by atoms with Crippen molar-refractivity contribution in [1.82, 2.24) is 5.32 Å². The van der Waals surface area contributed by atoms with Crippen LogP contribution in [0.25, 0.3) is 0 Å². The second kappa shape index (κ2) is 4.55. The number of benzene rings is 2. The molecule has 0 amide bonds. The molecule has 0 aromatic heterocycles. The molecule has 1 aliphatic carbocycles. The van der Waals surface area contributed by atoms with Crippen molar-refractivity contribution < 1.29 is 20.4 Å². The lowest BCUT2D eigenvalue weighted by molar-refractivity contribution is 0.372. The van der Waals surface area contributed by atoms with E-state index in [1.54, 1.807) is 24.3 Å². The van der Waals surface area contributed by atoms with Crippen molar-refractivity contribution in [2.75, 3.05) is 0 Å². The Labute approximate surface area is 127 Å². The summed E-state index contributed by atoms with van der Waals surface area (Å²) in [5.74, 6) is -0.493. The van der Waals surface area contributed by atoms with Crippen LogP contribution in [0.1, 0.15) is 34.6 Å². The summed E-state index contributed by atoms with van der Waals surface area (Å²) in [5.41, 5.74) is 3.88. The van der Waals surface area contributed by atoms with E-state index in [4.69, 9.17) is 0 Å². The van der Waals surface area contributed by atoms with E-state index in [9.17, 15) is 20.4 Å². The van der Waals surface area contributed by atoms with Gasteiger partial charge in [-0.05, 0) is 59.4 Å². The highest BCUT2D eigenvalue weighted by Crippen LogP contribution is 2.46. The summed E-state index contributed by atoms with van der Waals surface area (Å²) in [5, 5.41) is 42.6. The van der Waals surface area contributed by atoms with Crippen molar-refractivity contribution in [2.45, 2.75) is 31.3 Å². The van der Waals surface area contributed by atoms with E-state index in [2.05, 4.69) is 5.32 Å². The highest BCUT2D eigenvalue weighted by molar-refractivity contribution is 5.56. The first-order valence-electron chi connectivity index (χ1n) is 7.37. The van der Waals surface area contributed by atoms with Crippen LogP contribution in [0.2, 0.25) is 0 Å². The summed E-state index contributed by atoms with van der Waals surface area (Å²) in [6, 6.07) is 6.65. The van der Waals surface area contributed by atoms with E-state index < -0.39 is 0 Å². The molecule has 114 valence electrons. The van der Waals surface area contributed by atoms with Gasteiger partial charge in [-0.15, -0.1) is 0 Å². The summed E-state index contributed by atoms with van der Waals surface area (Å²) in [6.45, 7) is 0.643. The molecule has 0 saturated heterocycles. The van der Waals surface area contributed by atoms with Gasteiger partial charge in [0, 0.05) is 18.5 Å². The Morgan fingerprint density at radius 1 is 0.773 bits per heavy atom. The molecule has 0 spiro atoms. The van der Waals surface area contributed by atoms with Crippen LogP contribution in [0.15, 0.2) is 24.3 Å². The molecule has 5 nitrogen and oxygen atoms in total. The fourth-order valence-corrected chi connectivity index (χ4v) is 3.76. The molecular formula is C17H17NO4. The molecule has 0 radical (unpaired) electrons. The van der Waals surface area contributed by atoms with Crippen LogP contribution in [0, 0.1) is 0 Å². The Kier molecular flexibility index (Phi) is 2.74. The third-order valence-electron chi connectivity index (χ3n) is 4.82. The summed E-state index contributed by atoms with van der Waals surface area (Å²) in [4.78, 5) is 0. The van der Waals surface area contributed by atoms with Crippen LogP contribution >= 0.6 is 0 Å². The third-order valence-corrected chi connectivity index (χ3v) is 4.82. The second-order valence-electron chi connectivity index (χ2n) is 6.08. The van der Waals surface area contributed by atoms with E-state index in [0.717, 1.165) is 35.1 Å². The number of hydrogen-bond acceptors (Lipinski definition) is 5. The molecule has 2 aromatic carbocycles. The molecule has 2 aliphatic rings. The minimum absolute atomic E-state index is 0.00880. The largest absolute Gasteiger partial charge is 0.504 e. The van der Waals surface area contributed by atoms with Gasteiger partial charge in [0.25, 0.3) is 0 Å². The quantitative estimate of drug-likeness (QED) is 0.480. The topological polar surface area (TPSA) is 93.0 Å². The molecule has 1 heterocycles. The lowest BCUT2D eigenvalue weighted by atomic mass is 9.72. The van der Waals surface area contributed by atoms with Crippen molar-refractivity contribution in [3.05, 3.63) is 46.5 Å². The normalized spacial score (nSPS) is 22.5. The first-order chi connectivity index (χ1) is 10.5. The van der Waals surface area contributed by atoms with Gasteiger partial charge in [-0.25, -0.2) is 0 Å². The Morgan fingerprint density at radius 3 is 2.00 bits per heavy atom. The Morgan fingerprint density at radius 2 is 1.32 bits per heavy atom.